The highest BCUT2D eigenvalue weighted by atomic mass is 32.1. The molecule has 0 bridgehead atoms. The van der Waals surface area contributed by atoms with Gasteiger partial charge in [0.1, 0.15) is 4.88 Å². The number of hydrogen-bond acceptors (Lipinski definition) is 6. The predicted octanol–water partition coefficient (Wildman–Crippen LogP) is 2.73. The topological polar surface area (TPSA) is 72.1 Å². The van der Waals surface area contributed by atoms with Crippen LogP contribution in [0, 0.1) is 13.8 Å². The Morgan fingerprint density at radius 3 is 2.86 bits per heavy atom. The van der Waals surface area contributed by atoms with E-state index in [1.807, 2.05) is 18.7 Å². The van der Waals surface area contributed by atoms with Crippen LogP contribution in [0.25, 0.3) is 0 Å². The van der Waals surface area contributed by atoms with Gasteiger partial charge in [0, 0.05) is 13.1 Å². The molecule has 3 rings (SSSR count). The minimum Gasteiger partial charge on any atom is -0.339 e. The predicted molar refractivity (Wildman–Crippen MR) is 83.1 cm³/mol. The molecule has 22 heavy (non-hydrogen) atoms. The first-order valence-corrected chi connectivity index (χ1v) is 8.46. The van der Waals surface area contributed by atoms with Crippen LogP contribution in [0.1, 0.15) is 57.8 Å². The normalized spacial score (nSPS) is 18.7. The van der Waals surface area contributed by atoms with Crippen molar-refractivity contribution >= 4 is 17.2 Å². The minimum absolute atomic E-state index is 0.0793. The van der Waals surface area contributed by atoms with Gasteiger partial charge in [0.25, 0.3) is 5.91 Å². The summed E-state index contributed by atoms with van der Waals surface area (Å²) in [4.78, 5) is 24.2. The van der Waals surface area contributed by atoms with Crippen LogP contribution in [0.3, 0.4) is 0 Å². The van der Waals surface area contributed by atoms with E-state index in [1.54, 1.807) is 0 Å². The molecule has 1 fully saturated rings. The molecule has 0 aromatic carbocycles. The number of nitrogens with zero attached hydrogens (tertiary/aromatic N) is 4. The third-order valence-corrected chi connectivity index (χ3v) is 5.23. The zero-order valence-corrected chi connectivity index (χ0v) is 13.9. The van der Waals surface area contributed by atoms with E-state index >= 15 is 0 Å². The van der Waals surface area contributed by atoms with Gasteiger partial charge in [-0.15, -0.1) is 11.3 Å². The lowest BCUT2D eigenvalue weighted by Gasteiger charge is -2.30. The second kappa shape index (κ2) is 6.16. The minimum atomic E-state index is 0.0793. The first-order chi connectivity index (χ1) is 10.6. The Morgan fingerprint density at radius 1 is 1.41 bits per heavy atom. The van der Waals surface area contributed by atoms with Gasteiger partial charge in [-0.2, -0.15) is 4.98 Å². The fourth-order valence-electron chi connectivity index (χ4n) is 2.79. The molecule has 0 radical (unpaired) electrons. The molecule has 0 spiro atoms. The Hall–Kier alpha value is -1.76. The molecule has 1 atom stereocenters. The Labute approximate surface area is 133 Å². The third kappa shape index (κ3) is 2.90. The van der Waals surface area contributed by atoms with Crippen molar-refractivity contribution in [3.8, 4) is 0 Å². The number of carbonyl (C=O) groups is 1. The zero-order chi connectivity index (χ0) is 15.7. The summed E-state index contributed by atoms with van der Waals surface area (Å²) in [5.74, 6) is 1.50. The number of carbonyl (C=O) groups excluding carboxylic acids is 1. The van der Waals surface area contributed by atoms with Crippen LogP contribution >= 0.6 is 11.3 Å². The second-order valence-corrected chi connectivity index (χ2v) is 6.73. The molecule has 2 aromatic heterocycles. The number of rotatable bonds is 3. The summed E-state index contributed by atoms with van der Waals surface area (Å²) in [6.07, 6.45) is 2.80. The fraction of sp³-hybridized carbons (Fsp3) is 0.600. The van der Waals surface area contributed by atoms with Crippen molar-refractivity contribution in [3.05, 3.63) is 27.3 Å². The summed E-state index contributed by atoms with van der Waals surface area (Å²) < 4.78 is 5.27. The maximum Gasteiger partial charge on any atom is 0.265 e. The molecular formula is C15H20N4O2S. The summed E-state index contributed by atoms with van der Waals surface area (Å²) >= 11 is 1.51. The fourth-order valence-corrected chi connectivity index (χ4v) is 3.76. The molecule has 0 aliphatic carbocycles. The van der Waals surface area contributed by atoms with Crippen LogP contribution < -0.4 is 0 Å². The highest BCUT2D eigenvalue weighted by molar-refractivity contribution is 7.13. The van der Waals surface area contributed by atoms with Gasteiger partial charge in [-0.3, -0.25) is 4.79 Å². The Morgan fingerprint density at radius 2 is 2.23 bits per heavy atom. The SMILES string of the molecule is CCc1nc(C)c(C(=O)N2CCCC(c3nc(C)no3)C2)s1. The summed E-state index contributed by atoms with van der Waals surface area (Å²) in [6, 6.07) is 0. The van der Waals surface area contributed by atoms with Crippen molar-refractivity contribution in [3.63, 3.8) is 0 Å². The lowest BCUT2D eigenvalue weighted by molar-refractivity contribution is 0.0699. The number of aromatic nitrogens is 3. The molecule has 1 unspecified atom stereocenters. The van der Waals surface area contributed by atoms with E-state index in [1.165, 1.54) is 11.3 Å². The van der Waals surface area contributed by atoms with Gasteiger partial charge in [-0.05, 0) is 33.1 Å². The number of likely N-dealkylation sites (tertiary alicyclic amines) is 1. The van der Waals surface area contributed by atoms with E-state index in [4.69, 9.17) is 4.52 Å². The van der Waals surface area contributed by atoms with E-state index in [0.29, 0.717) is 18.3 Å². The number of thiazole rings is 1. The Bertz CT molecular complexity index is 679. The highest BCUT2D eigenvalue weighted by Crippen LogP contribution is 2.28. The molecule has 3 heterocycles. The van der Waals surface area contributed by atoms with Crippen molar-refractivity contribution in [2.24, 2.45) is 0 Å². The molecule has 7 heteroatoms. The maximum absolute atomic E-state index is 12.8. The van der Waals surface area contributed by atoms with Crippen molar-refractivity contribution in [2.45, 2.75) is 46.0 Å². The number of piperidine rings is 1. The summed E-state index contributed by atoms with van der Waals surface area (Å²) in [5, 5.41) is 4.87. The third-order valence-electron chi connectivity index (χ3n) is 3.94. The largest absolute Gasteiger partial charge is 0.339 e. The molecule has 1 amide bonds. The summed E-state index contributed by atoms with van der Waals surface area (Å²) in [6.45, 7) is 7.19. The number of amides is 1. The maximum atomic E-state index is 12.8. The van der Waals surface area contributed by atoms with Crippen LogP contribution in [0.4, 0.5) is 0 Å². The summed E-state index contributed by atoms with van der Waals surface area (Å²) in [5.41, 5.74) is 0.836. The lowest BCUT2D eigenvalue weighted by atomic mass is 9.98. The van der Waals surface area contributed by atoms with E-state index in [0.717, 1.165) is 41.4 Å². The van der Waals surface area contributed by atoms with Crippen molar-refractivity contribution in [1.29, 1.82) is 0 Å². The van der Waals surface area contributed by atoms with Crippen molar-refractivity contribution < 1.29 is 9.32 Å². The Balaban J connectivity index is 1.76. The average molecular weight is 320 g/mol. The molecule has 0 N–H and O–H groups in total. The molecular weight excluding hydrogens is 300 g/mol. The smallest absolute Gasteiger partial charge is 0.265 e. The number of aryl methyl sites for hydroxylation is 3. The van der Waals surface area contributed by atoms with E-state index in [-0.39, 0.29) is 11.8 Å². The molecule has 2 aromatic rings. The first-order valence-electron chi connectivity index (χ1n) is 7.64. The molecule has 118 valence electrons. The van der Waals surface area contributed by atoms with E-state index < -0.39 is 0 Å². The van der Waals surface area contributed by atoms with Gasteiger partial charge in [0.05, 0.1) is 16.6 Å². The second-order valence-electron chi connectivity index (χ2n) is 5.65. The average Bonchev–Trinajstić information content (AvgIpc) is 3.12. The van der Waals surface area contributed by atoms with Crippen LogP contribution in [0.5, 0.6) is 0 Å². The van der Waals surface area contributed by atoms with Crippen molar-refractivity contribution in [2.75, 3.05) is 13.1 Å². The summed E-state index contributed by atoms with van der Waals surface area (Å²) in [7, 11) is 0. The van der Waals surface area contributed by atoms with Gasteiger partial charge < -0.3 is 9.42 Å². The van der Waals surface area contributed by atoms with Crippen molar-refractivity contribution in [1.82, 2.24) is 20.0 Å². The molecule has 1 aliphatic rings. The monoisotopic (exact) mass is 320 g/mol. The molecule has 1 aliphatic heterocycles. The van der Waals surface area contributed by atoms with Gasteiger partial charge in [-0.1, -0.05) is 12.1 Å². The molecule has 0 saturated carbocycles. The van der Waals surface area contributed by atoms with Gasteiger partial charge in [0.15, 0.2) is 5.82 Å². The van der Waals surface area contributed by atoms with E-state index in [9.17, 15) is 4.79 Å². The van der Waals surface area contributed by atoms with Crippen LogP contribution in [0.2, 0.25) is 0 Å². The number of hydrogen-bond donors (Lipinski definition) is 0. The zero-order valence-electron chi connectivity index (χ0n) is 13.1. The Kier molecular flexibility index (Phi) is 4.24. The first kappa shape index (κ1) is 15.1. The molecule has 1 saturated heterocycles. The highest BCUT2D eigenvalue weighted by Gasteiger charge is 2.30. The standard InChI is InChI=1S/C15H20N4O2S/c1-4-12-16-9(2)13(22-12)15(20)19-7-5-6-11(8-19)14-17-10(3)18-21-14/h11H,4-8H2,1-3H3. The van der Waals surface area contributed by atoms with Gasteiger partial charge >= 0.3 is 0 Å². The van der Waals surface area contributed by atoms with E-state index in [2.05, 4.69) is 22.0 Å². The lowest BCUT2D eigenvalue weighted by Crippen LogP contribution is -2.39. The van der Waals surface area contributed by atoms with Gasteiger partial charge in [-0.25, -0.2) is 4.98 Å². The van der Waals surface area contributed by atoms with Crippen LogP contribution in [-0.2, 0) is 6.42 Å². The molecule has 6 nitrogen and oxygen atoms in total. The van der Waals surface area contributed by atoms with Crippen LogP contribution in [0.15, 0.2) is 4.52 Å². The van der Waals surface area contributed by atoms with Gasteiger partial charge in [0.2, 0.25) is 5.89 Å². The van der Waals surface area contributed by atoms with Crippen LogP contribution in [-0.4, -0.2) is 39.0 Å². The quantitative estimate of drug-likeness (QED) is 0.869.